The fourth-order valence-corrected chi connectivity index (χ4v) is 2.95. The molecule has 0 heterocycles. The quantitative estimate of drug-likeness (QED) is 0.647. The molecule has 0 aromatic heterocycles. The van der Waals surface area contributed by atoms with Gasteiger partial charge in [0.2, 0.25) is 0 Å². The Bertz CT molecular complexity index is 704. The van der Waals surface area contributed by atoms with Gasteiger partial charge in [0, 0.05) is 22.2 Å². The van der Waals surface area contributed by atoms with E-state index >= 15 is 0 Å². The van der Waals surface area contributed by atoms with E-state index < -0.39 is 0 Å². The van der Waals surface area contributed by atoms with Crippen LogP contribution in [0.2, 0.25) is 5.02 Å². The number of hydrogen-bond donors (Lipinski definition) is 0. The predicted octanol–water partition coefficient (Wildman–Crippen LogP) is 4.23. The minimum Gasteiger partial charge on any atom is -0.493 e. The van der Waals surface area contributed by atoms with Crippen LogP contribution in [0.4, 0.5) is 0 Å². The molecule has 0 aliphatic rings. The minimum absolute atomic E-state index is 0.0784. The Morgan fingerprint density at radius 3 is 2.26 bits per heavy atom. The molecule has 0 aliphatic carbocycles. The van der Waals surface area contributed by atoms with Crippen LogP contribution in [0.25, 0.3) is 0 Å². The number of amides is 1. The maximum Gasteiger partial charge on any atom is 0.255 e. The van der Waals surface area contributed by atoms with Crippen LogP contribution in [0.1, 0.15) is 15.9 Å². The molecule has 2 aromatic rings. The van der Waals surface area contributed by atoms with Crippen LogP contribution < -0.4 is 9.47 Å². The lowest BCUT2D eigenvalue weighted by molar-refractivity contribution is 0.0783. The normalized spacial score (nSPS) is 10.3. The van der Waals surface area contributed by atoms with Crippen molar-refractivity contribution < 1.29 is 14.3 Å². The first-order valence-electron chi connectivity index (χ1n) is 6.87. The first-order valence-corrected chi connectivity index (χ1v) is 8.33. The van der Waals surface area contributed by atoms with Crippen LogP contribution in [0.15, 0.2) is 36.4 Å². The van der Waals surface area contributed by atoms with E-state index in [9.17, 15) is 4.79 Å². The molecule has 0 radical (unpaired) electrons. The zero-order valence-electron chi connectivity index (χ0n) is 13.1. The number of carbonyl (C=O) groups excluding carboxylic acids is 1. The Hall–Kier alpha value is -1.47. The highest BCUT2D eigenvalue weighted by atomic mass is 127. The van der Waals surface area contributed by atoms with Gasteiger partial charge in [0.15, 0.2) is 11.5 Å². The van der Waals surface area contributed by atoms with Gasteiger partial charge in [-0.1, -0.05) is 23.7 Å². The monoisotopic (exact) mass is 445 g/mol. The van der Waals surface area contributed by atoms with Crippen molar-refractivity contribution in [2.24, 2.45) is 0 Å². The van der Waals surface area contributed by atoms with Gasteiger partial charge in [0.1, 0.15) is 0 Å². The third kappa shape index (κ3) is 4.29. The number of halogens is 2. The zero-order chi connectivity index (χ0) is 17.0. The van der Waals surface area contributed by atoms with Gasteiger partial charge >= 0.3 is 0 Å². The summed E-state index contributed by atoms with van der Waals surface area (Å²) in [6.07, 6.45) is 0. The van der Waals surface area contributed by atoms with Gasteiger partial charge in [0.25, 0.3) is 5.91 Å². The summed E-state index contributed by atoms with van der Waals surface area (Å²) >= 11 is 8.01. The molecule has 0 unspecified atom stereocenters. The lowest BCUT2D eigenvalue weighted by Gasteiger charge is -2.19. The van der Waals surface area contributed by atoms with Gasteiger partial charge in [0.05, 0.1) is 19.8 Å². The zero-order valence-corrected chi connectivity index (χ0v) is 16.0. The van der Waals surface area contributed by atoms with Crippen molar-refractivity contribution in [1.82, 2.24) is 4.90 Å². The van der Waals surface area contributed by atoms with Crippen LogP contribution in [-0.2, 0) is 6.54 Å². The first-order chi connectivity index (χ1) is 11.0. The molecule has 0 atom stereocenters. The number of rotatable bonds is 5. The molecular formula is C17H17ClINO3. The van der Waals surface area contributed by atoms with E-state index in [0.717, 1.165) is 9.13 Å². The smallest absolute Gasteiger partial charge is 0.255 e. The van der Waals surface area contributed by atoms with Gasteiger partial charge in [-0.3, -0.25) is 4.79 Å². The summed E-state index contributed by atoms with van der Waals surface area (Å²) < 4.78 is 11.3. The van der Waals surface area contributed by atoms with Gasteiger partial charge in [-0.25, -0.2) is 0 Å². The maximum absolute atomic E-state index is 12.7. The fourth-order valence-electron chi connectivity index (χ4n) is 2.16. The SMILES string of the molecule is COc1cc(I)c(C(=O)N(C)Cc2ccc(Cl)cc2)cc1OC. The van der Waals surface area contributed by atoms with Crippen molar-refractivity contribution in [3.8, 4) is 11.5 Å². The molecule has 0 saturated carbocycles. The summed E-state index contributed by atoms with van der Waals surface area (Å²) in [5, 5.41) is 0.678. The van der Waals surface area contributed by atoms with Crippen molar-refractivity contribution in [3.63, 3.8) is 0 Å². The first kappa shape index (κ1) is 17.9. The van der Waals surface area contributed by atoms with E-state index in [4.69, 9.17) is 21.1 Å². The molecule has 122 valence electrons. The number of nitrogens with zero attached hydrogens (tertiary/aromatic N) is 1. The summed E-state index contributed by atoms with van der Waals surface area (Å²) in [6.45, 7) is 0.500. The van der Waals surface area contributed by atoms with E-state index in [1.54, 1.807) is 38.3 Å². The molecule has 6 heteroatoms. The third-order valence-electron chi connectivity index (χ3n) is 3.38. The highest BCUT2D eigenvalue weighted by molar-refractivity contribution is 14.1. The van der Waals surface area contributed by atoms with Crippen molar-refractivity contribution in [3.05, 3.63) is 56.1 Å². The van der Waals surface area contributed by atoms with Crippen molar-refractivity contribution >= 4 is 40.1 Å². The molecule has 1 amide bonds. The van der Waals surface area contributed by atoms with E-state index in [1.165, 1.54) is 0 Å². The largest absolute Gasteiger partial charge is 0.493 e. The second-order valence-electron chi connectivity index (χ2n) is 4.97. The van der Waals surface area contributed by atoms with E-state index in [1.807, 2.05) is 24.3 Å². The lowest BCUT2D eigenvalue weighted by Crippen LogP contribution is -2.27. The van der Waals surface area contributed by atoms with Gasteiger partial charge in [-0.2, -0.15) is 0 Å². The van der Waals surface area contributed by atoms with Crippen LogP contribution in [0.3, 0.4) is 0 Å². The standard InChI is InChI=1S/C17H17ClINO3/c1-20(10-11-4-6-12(18)7-5-11)17(21)13-8-15(22-2)16(23-3)9-14(13)19/h4-9H,10H2,1-3H3. The number of carbonyl (C=O) groups is 1. The Balaban J connectivity index is 2.23. The van der Waals surface area contributed by atoms with Crippen LogP contribution in [0.5, 0.6) is 11.5 Å². The maximum atomic E-state index is 12.7. The van der Waals surface area contributed by atoms with Gasteiger partial charge < -0.3 is 14.4 Å². The number of methoxy groups -OCH3 is 2. The molecule has 0 fully saturated rings. The second kappa shape index (κ2) is 7.88. The Labute approximate surface area is 154 Å². The summed E-state index contributed by atoms with van der Waals surface area (Å²) in [7, 11) is 4.89. The minimum atomic E-state index is -0.0784. The highest BCUT2D eigenvalue weighted by Crippen LogP contribution is 2.32. The van der Waals surface area contributed by atoms with Gasteiger partial charge in [-0.05, 0) is 52.4 Å². The second-order valence-corrected chi connectivity index (χ2v) is 6.57. The lowest BCUT2D eigenvalue weighted by atomic mass is 10.1. The Morgan fingerprint density at radius 2 is 1.70 bits per heavy atom. The molecule has 4 nitrogen and oxygen atoms in total. The van der Waals surface area contributed by atoms with Crippen LogP contribution in [-0.4, -0.2) is 32.1 Å². The molecule has 0 bridgehead atoms. The van der Waals surface area contributed by atoms with Crippen molar-refractivity contribution in [1.29, 1.82) is 0 Å². The highest BCUT2D eigenvalue weighted by Gasteiger charge is 2.18. The molecule has 0 saturated heterocycles. The summed E-state index contributed by atoms with van der Waals surface area (Å²) in [4.78, 5) is 14.4. The fraction of sp³-hybridized carbons (Fsp3) is 0.235. The van der Waals surface area contributed by atoms with Crippen LogP contribution in [0, 0.1) is 3.57 Å². The van der Waals surface area contributed by atoms with E-state index in [2.05, 4.69) is 22.6 Å². The van der Waals surface area contributed by atoms with Gasteiger partial charge in [-0.15, -0.1) is 0 Å². The van der Waals surface area contributed by atoms with Crippen molar-refractivity contribution in [2.75, 3.05) is 21.3 Å². The van der Waals surface area contributed by atoms with Crippen molar-refractivity contribution in [2.45, 2.75) is 6.54 Å². The molecular weight excluding hydrogens is 429 g/mol. The van der Waals surface area contributed by atoms with E-state index in [-0.39, 0.29) is 5.91 Å². The molecule has 23 heavy (non-hydrogen) atoms. The molecule has 0 aliphatic heterocycles. The summed E-state index contributed by atoms with van der Waals surface area (Å²) in [5.41, 5.74) is 1.60. The number of hydrogen-bond acceptors (Lipinski definition) is 3. The summed E-state index contributed by atoms with van der Waals surface area (Å²) in [5.74, 6) is 1.07. The molecule has 0 spiro atoms. The predicted molar refractivity (Wildman–Crippen MR) is 99.5 cm³/mol. The Kier molecular flexibility index (Phi) is 6.12. The molecule has 0 N–H and O–H groups in total. The number of ether oxygens (including phenoxy) is 2. The average Bonchev–Trinajstić information content (AvgIpc) is 2.55. The molecule has 2 aromatic carbocycles. The summed E-state index contributed by atoms with van der Waals surface area (Å²) in [6, 6.07) is 11.0. The molecule has 2 rings (SSSR count). The topological polar surface area (TPSA) is 38.8 Å². The van der Waals surface area contributed by atoms with Crippen LogP contribution >= 0.6 is 34.2 Å². The van der Waals surface area contributed by atoms with E-state index in [0.29, 0.717) is 28.6 Å². The average molecular weight is 446 g/mol. The third-order valence-corrected chi connectivity index (χ3v) is 4.53. The Morgan fingerprint density at radius 1 is 1.13 bits per heavy atom. The number of benzene rings is 2.